The van der Waals surface area contributed by atoms with Crippen molar-refractivity contribution in [3.05, 3.63) is 70.3 Å². The number of rotatable bonds is 3. The molecule has 0 bridgehead atoms. The number of halogens is 2. The number of carbonyl (C=O) groups is 2. The van der Waals surface area contributed by atoms with Gasteiger partial charge in [0.15, 0.2) is 0 Å². The van der Waals surface area contributed by atoms with Crippen molar-refractivity contribution in [1.82, 2.24) is 5.43 Å². The Balaban J connectivity index is 1.77. The Labute approximate surface area is 148 Å². The Bertz CT molecular complexity index is 819. The van der Waals surface area contributed by atoms with E-state index in [9.17, 15) is 9.59 Å². The van der Waals surface area contributed by atoms with Crippen LogP contribution in [0.1, 0.15) is 6.42 Å². The third-order valence-corrected chi connectivity index (χ3v) is 4.00. The van der Waals surface area contributed by atoms with Crippen LogP contribution in [0.5, 0.6) is 0 Å². The molecule has 24 heavy (non-hydrogen) atoms. The molecule has 0 radical (unpaired) electrons. The van der Waals surface area contributed by atoms with E-state index in [2.05, 4.69) is 10.7 Å². The van der Waals surface area contributed by atoms with Crippen LogP contribution < -0.4 is 15.8 Å². The van der Waals surface area contributed by atoms with Crippen molar-refractivity contribution in [2.24, 2.45) is 0 Å². The van der Waals surface area contributed by atoms with Gasteiger partial charge in [0.25, 0.3) is 5.91 Å². The van der Waals surface area contributed by atoms with Crippen LogP contribution in [0.4, 0.5) is 11.4 Å². The summed E-state index contributed by atoms with van der Waals surface area (Å²) in [4.78, 5) is 24.5. The summed E-state index contributed by atoms with van der Waals surface area (Å²) in [5.41, 5.74) is 4.19. The maximum Gasteiger partial charge on any atom is 0.273 e. The Hall–Kier alpha value is -2.50. The van der Waals surface area contributed by atoms with Crippen LogP contribution in [0.3, 0.4) is 0 Å². The maximum atomic E-state index is 12.4. The molecule has 0 aromatic heterocycles. The number of nitrogens with one attached hydrogen (secondary N) is 2. The number of nitrogens with zero attached hydrogens (tertiary/aromatic N) is 1. The van der Waals surface area contributed by atoms with Crippen LogP contribution in [0.25, 0.3) is 0 Å². The molecule has 5 nitrogen and oxygen atoms in total. The second kappa shape index (κ2) is 6.95. The lowest BCUT2D eigenvalue weighted by Gasteiger charge is -2.28. The number of benzene rings is 2. The lowest BCUT2D eigenvalue weighted by molar-refractivity contribution is -0.119. The fraction of sp³-hybridized carbons (Fsp3) is 0.0588. The van der Waals surface area contributed by atoms with E-state index in [4.69, 9.17) is 23.2 Å². The molecule has 0 fully saturated rings. The molecule has 0 atom stereocenters. The highest BCUT2D eigenvalue weighted by Crippen LogP contribution is 2.23. The summed E-state index contributed by atoms with van der Waals surface area (Å²) in [6.07, 6.45) is 1.65. The van der Waals surface area contributed by atoms with E-state index in [1.807, 2.05) is 0 Å². The molecule has 7 heteroatoms. The molecule has 0 saturated carbocycles. The molecular weight excluding hydrogens is 349 g/mol. The first-order chi connectivity index (χ1) is 11.5. The first-order valence-electron chi connectivity index (χ1n) is 7.16. The van der Waals surface area contributed by atoms with Gasteiger partial charge in [-0.1, -0.05) is 35.3 Å². The van der Waals surface area contributed by atoms with Crippen molar-refractivity contribution in [1.29, 1.82) is 0 Å². The highest BCUT2D eigenvalue weighted by atomic mass is 35.5. The third-order valence-electron chi connectivity index (χ3n) is 3.41. The second-order valence-electron chi connectivity index (χ2n) is 5.07. The van der Waals surface area contributed by atoms with Crippen LogP contribution in [0.15, 0.2) is 60.3 Å². The summed E-state index contributed by atoms with van der Waals surface area (Å²) in [5.74, 6) is -0.554. The highest BCUT2D eigenvalue weighted by molar-refractivity contribution is 6.34. The van der Waals surface area contributed by atoms with Gasteiger partial charge in [-0.15, -0.1) is 0 Å². The normalized spacial score (nSPS) is 14.0. The topological polar surface area (TPSA) is 61.4 Å². The van der Waals surface area contributed by atoms with Crippen molar-refractivity contribution in [3.8, 4) is 0 Å². The van der Waals surface area contributed by atoms with E-state index >= 15 is 0 Å². The van der Waals surface area contributed by atoms with Gasteiger partial charge in [-0.25, -0.2) is 5.01 Å². The van der Waals surface area contributed by atoms with Gasteiger partial charge >= 0.3 is 0 Å². The van der Waals surface area contributed by atoms with Gasteiger partial charge in [0.1, 0.15) is 5.70 Å². The summed E-state index contributed by atoms with van der Waals surface area (Å²) in [5, 5.41) is 5.04. The van der Waals surface area contributed by atoms with E-state index in [1.54, 1.807) is 54.6 Å². The van der Waals surface area contributed by atoms with Crippen LogP contribution in [-0.4, -0.2) is 11.8 Å². The first kappa shape index (κ1) is 16.4. The minimum Gasteiger partial charge on any atom is -0.319 e. The zero-order valence-electron chi connectivity index (χ0n) is 12.4. The largest absolute Gasteiger partial charge is 0.319 e. The van der Waals surface area contributed by atoms with Crippen LogP contribution in [0, 0.1) is 0 Å². The smallest absolute Gasteiger partial charge is 0.273 e. The predicted octanol–water partition coefficient (Wildman–Crippen LogP) is 3.76. The average Bonchev–Trinajstić information content (AvgIpc) is 2.58. The Morgan fingerprint density at radius 2 is 1.79 bits per heavy atom. The van der Waals surface area contributed by atoms with Gasteiger partial charge in [-0.3, -0.25) is 15.0 Å². The zero-order chi connectivity index (χ0) is 17.1. The summed E-state index contributed by atoms with van der Waals surface area (Å²) in [7, 11) is 0. The summed E-state index contributed by atoms with van der Waals surface area (Å²) >= 11 is 11.9. The van der Waals surface area contributed by atoms with Crippen molar-refractivity contribution in [2.75, 3.05) is 10.3 Å². The van der Waals surface area contributed by atoms with Gasteiger partial charge in [-0.05, 0) is 42.5 Å². The fourth-order valence-corrected chi connectivity index (χ4v) is 2.51. The summed E-state index contributed by atoms with van der Waals surface area (Å²) < 4.78 is 0. The first-order valence-corrected chi connectivity index (χ1v) is 7.91. The number of hydrogen-bond acceptors (Lipinski definition) is 3. The Kier molecular flexibility index (Phi) is 4.74. The molecule has 0 spiro atoms. The molecule has 0 unspecified atom stereocenters. The molecule has 0 saturated heterocycles. The quantitative estimate of drug-likeness (QED) is 0.874. The van der Waals surface area contributed by atoms with Crippen molar-refractivity contribution >= 4 is 46.4 Å². The monoisotopic (exact) mass is 361 g/mol. The van der Waals surface area contributed by atoms with Gasteiger partial charge in [0, 0.05) is 11.4 Å². The molecule has 3 rings (SSSR count). The number of amides is 2. The van der Waals surface area contributed by atoms with E-state index in [-0.39, 0.29) is 23.9 Å². The van der Waals surface area contributed by atoms with E-state index in [1.165, 1.54) is 5.01 Å². The number of anilines is 2. The van der Waals surface area contributed by atoms with Crippen LogP contribution in [0.2, 0.25) is 10.0 Å². The van der Waals surface area contributed by atoms with E-state index < -0.39 is 0 Å². The minimum absolute atomic E-state index is 0.112. The van der Waals surface area contributed by atoms with Crippen molar-refractivity contribution < 1.29 is 9.59 Å². The minimum atomic E-state index is -0.380. The Morgan fingerprint density at radius 3 is 2.50 bits per heavy atom. The third kappa shape index (κ3) is 3.53. The molecule has 2 N–H and O–H groups in total. The number of hydrazine groups is 1. The molecule has 1 heterocycles. The number of hydrogen-bond donors (Lipinski definition) is 2. The van der Waals surface area contributed by atoms with Gasteiger partial charge < -0.3 is 5.32 Å². The van der Waals surface area contributed by atoms with Crippen molar-refractivity contribution in [3.63, 3.8) is 0 Å². The van der Waals surface area contributed by atoms with Crippen molar-refractivity contribution in [2.45, 2.75) is 6.42 Å². The number of para-hydroxylation sites is 1. The molecule has 1 aliphatic heterocycles. The average molecular weight is 362 g/mol. The predicted molar refractivity (Wildman–Crippen MR) is 94.9 cm³/mol. The maximum absolute atomic E-state index is 12.4. The van der Waals surface area contributed by atoms with Crippen LogP contribution >= 0.6 is 23.2 Å². The highest BCUT2D eigenvalue weighted by Gasteiger charge is 2.24. The lowest BCUT2D eigenvalue weighted by Crippen LogP contribution is -2.47. The molecule has 0 aliphatic carbocycles. The van der Waals surface area contributed by atoms with Gasteiger partial charge in [-0.2, -0.15) is 0 Å². The van der Waals surface area contributed by atoms with Crippen LogP contribution in [-0.2, 0) is 9.59 Å². The summed E-state index contributed by atoms with van der Waals surface area (Å²) in [6.45, 7) is 0. The lowest BCUT2D eigenvalue weighted by atomic mass is 10.2. The number of carbonyl (C=O) groups excluding carboxylic acids is 2. The Morgan fingerprint density at radius 1 is 1.08 bits per heavy atom. The molecule has 122 valence electrons. The SMILES string of the molecule is O=C(Nc1ccccc1Cl)C1=CCC(=O)N(c2ccc(Cl)cc2)N1. The molecule has 2 aromatic rings. The van der Waals surface area contributed by atoms with Gasteiger partial charge in [0.05, 0.1) is 16.4 Å². The fourth-order valence-electron chi connectivity index (χ4n) is 2.20. The molecule has 2 aromatic carbocycles. The van der Waals surface area contributed by atoms with E-state index in [0.29, 0.717) is 21.4 Å². The van der Waals surface area contributed by atoms with E-state index in [0.717, 1.165) is 0 Å². The summed E-state index contributed by atoms with van der Waals surface area (Å²) in [6, 6.07) is 13.7. The van der Waals surface area contributed by atoms with Gasteiger partial charge in [0.2, 0.25) is 5.91 Å². The standard InChI is InChI=1S/C17H13Cl2N3O2/c18-11-5-7-12(8-6-11)22-16(23)10-9-15(21-22)17(24)20-14-4-2-1-3-13(14)19/h1-9,21H,10H2,(H,20,24). The molecule has 2 amide bonds. The molecular formula is C17H13Cl2N3O2. The second-order valence-corrected chi connectivity index (χ2v) is 5.92. The zero-order valence-corrected chi connectivity index (χ0v) is 13.9. The molecule has 1 aliphatic rings.